The van der Waals surface area contributed by atoms with E-state index in [2.05, 4.69) is 4.98 Å². The van der Waals surface area contributed by atoms with Crippen molar-refractivity contribution in [2.24, 2.45) is 0 Å². The van der Waals surface area contributed by atoms with Gasteiger partial charge < -0.3 is 4.57 Å². The van der Waals surface area contributed by atoms with Crippen molar-refractivity contribution in [2.75, 3.05) is 13.1 Å². The lowest BCUT2D eigenvalue weighted by Crippen LogP contribution is -2.34. The molecule has 2 heterocycles. The van der Waals surface area contributed by atoms with E-state index in [4.69, 9.17) is 0 Å². The van der Waals surface area contributed by atoms with Gasteiger partial charge in [0.2, 0.25) is 0 Å². The number of fused-ring (bicyclic) bond motifs is 1. The molecule has 1 aromatic heterocycles. The molecule has 6 heteroatoms. The predicted octanol–water partition coefficient (Wildman–Crippen LogP) is 1.74. The second kappa shape index (κ2) is 3.52. The zero-order chi connectivity index (χ0) is 11.1. The summed E-state index contributed by atoms with van der Waals surface area (Å²) >= 11 is 0. The summed E-state index contributed by atoms with van der Waals surface area (Å²) in [6.07, 6.45) is -3.05. The molecule has 0 saturated carbocycles. The van der Waals surface area contributed by atoms with Crippen LogP contribution in [-0.2, 0) is 19.3 Å². The second-order valence-corrected chi connectivity index (χ2v) is 3.60. The first kappa shape index (κ1) is 10.5. The fraction of sp³-hybridized carbons (Fsp3) is 0.667. The minimum absolute atomic E-state index is 0.288. The molecule has 15 heavy (non-hydrogen) atoms. The minimum atomic E-state index is -4.34. The molecule has 0 unspecified atom stereocenters. The number of halogens is 3. The Morgan fingerprint density at radius 1 is 1.40 bits per heavy atom. The van der Waals surface area contributed by atoms with E-state index in [1.165, 1.54) is 6.33 Å². The maximum atomic E-state index is 12.5. The molecule has 0 amide bonds. The van der Waals surface area contributed by atoms with Crippen LogP contribution in [0.25, 0.3) is 0 Å². The van der Waals surface area contributed by atoms with Crippen molar-refractivity contribution in [3.63, 3.8) is 0 Å². The smallest absolute Gasteiger partial charge is 0.332 e. The van der Waals surface area contributed by atoms with Crippen LogP contribution in [0.2, 0.25) is 0 Å². The summed E-state index contributed by atoms with van der Waals surface area (Å²) in [5.41, 5.74) is -0.448. The van der Waals surface area contributed by atoms with Gasteiger partial charge >= 0.3 is 6.18 Å². The summed E-state index contributed by atoms with van der Waals surface area (Å²) in [6, 6.07) is 0. The molecule has 0 N–H and O–H groups in total. The number of likely N-dealkylation sites (N-methyl/N-ethyl adjacent to an activating group) is 1. The number of hydrogen-bond donors (Lipinski definition) is 0. The van der Waals surface area contributed by atoms with E-state index in [0.717, 1.165) is 13.1 Å². The summed E-state index contributed by atoms with van der Waals surface area (Å²) in [7, 11) is 0. The minimum Gasteiger partial charge on any atom is -0.332 e. The normalized spacial score (nSPS) is 17.9. The molecule has 0 atom stereocenters. The van der Waals surface area contributed by atoms with Crippen molar-refractivity contribution < 1.29 is 13.2 Å². The van der Waals surface area contributed by atoms with E-state index in [0.29, 0.717) is 13.1 Å². The fourth-order valence-electron chi connectivity index (χ4n) is 1.81. The summed E-state index contributed by atoms with van der Waals surface area (Å²) < 4.78 is 39.2. The predicted molar refractivity (Wildman–Crippen MR) is 48.2 cm³/mol. The van der Waals surface area contributed by atoms with Crippen LogP contribution in [-0.4, -0.2) is 27.5 Å². The molecule has 0 bridgehead atoms. The third-order valence-electron chi connectivity index (χ3n) is 2.69. The molecule has 0 fully saturated rings. The number of aromatic nitrogens is 2. The number of imidazole rings is 1. The second-order valence-electron chi connectivity index (χ2n) is 3.60. The van der Waals surface area contributed by atoms with Crippen LogP contribution in [0.5, 0.6) is 0 Å². The van der Waals surface area contributed by atoms with Gasteiger partial charge in [0.05, 0.1) is 12.0 Å². The molecule has 0 radical (unpaired) electrons. The highest BCUT2D eigenvalue weighted by molar-refractivity contribution is 5.17. The van der Waals surface area contributed by atoms with Crippen molar-refractivity contribution in [2.45, 2.75) is 26.2 Å². The summed E-state index contributed by atoms with van der Waals surface area (Å²) in [5, 5.41) is 0. The fourth-order valence-corrected chi connectivity index (χ4v) is 1.81. The first-order valence-electron chi connectivity index (χ1n) is 4.86. The highest BCUT2D eigenvalue weighted by Crippen LogP contribution is 2.32. The molecule has 1 aromatic rings. The molecular weight excluding hydrogens is 207 g/mol. The quantitative estimate of drug-likeness (QED) is 0.717. The van der Waals surface area contributed by atoms with Gasteiger partial charge in [-0.25, -0.2) is 4.98 Å². The van der Waals surface area contributed by atoms with Gasteiger partial charge in [-0.05, 0) is 6.54 Å². The Balaban J connectivity index is 2.34. The average molecular weight is 219 g/mol. The number of rotatable bonds is 1. The summed E-state index contributed by atoms with van der Waals surface area (Å²) in [5.74, 6) is 0. The van der Waals surface area contributed by atoms with E-state index in [1.54, 1.807) is 4.57 Å². The molecule has 3 nitrogen and oxygen atoms in total. The summed E-state index contributed by atoms with van der Waals surface area (Å²) in [6.45, 7) is 4.43. The standard InChI is InChI=1S/C9H12F3N3/c1-2-14-3-4-15-6-13-8(7(15)5-14)9(10,11)12/h6H,2-5H2,1H3. The number of hydrogen-bond acceptors (Lipinski definition) is 2. The van der Waals surface area contributed by atoms with Crippen molar-refractivity contribution in [1.29, 1.82) is 0 Å². The third-order valence-corrected chi connectivity index (χ3v) is 2.69. The Morgan fingerprint density at radius 2 is 2.13 bits per heavy atom. The van der Waals surface area contributed by atoms with Crippen molar-refractivity contribution >= 4 is 0 Å². The molecule has 2 rings (SSSR count). The Morgan fingerprint density at radius 3 is 2.73 bits per heavy atom. The van der Waals surface area contributed by atoms with Crippen LogP contribution in [0.15, 0.2) is 6.33 Å². The van der Waals surface area contributed by atoms with Crippen LogP contribution < -0.4 is 0 Å². The molecule has 0 aliphatic carbocycles. The van der Waals surface area contributed by atoms with E-state index in [-0.39, 0.29) is 5.69 Å². The van der Waals surface area contributed by atoms with Crippen LogP contribution >= 0.6 is 0 Å². The summed E-state index contributed by atoms with van der Waals surface area (Å²) in [4.78, 5) is 5.43. The molecule has 0 saturated heterocycles. The van der Waals surface area contributed by atoms with Gasteiger partial charge in [0, 0.05) is 19.6 Å². The largest absolute Gasteiger partial charge is 0.435 e. The Hall–Kier alpha value is -1.04. The van der Waals surface area contributed by atoms with E-state index in [9.17, 15) is 13.2 Å². The molecule has 1 aliphatic rings. The lowest BCUT2D eigenvalue weighted by atomic mass is 10.2. The zero-order valence-corrected chi connectivity index (χ0v) is 8.38. The van der Waals surface area contributed by atoms with Crippen LogP contribution in [0.3, 0.4) is 0 Å². The van der Waals surface area contributed by atoms with Gasteiger partial charge in [-0.3, -0.25) is 4.90 Å². The van der Waals surface area contributed by atoms with Gasteiger partial charge in [-0.15, -0.1) is 0 Å². The first-order valence-corrected chi connectivity index (χ1v) is 4.86. The Kier molecular flexibility index (Phi) is 2.46. The molecule has 84 valence electrons. The van der Waals surface area contributed by atoms with Gasteiger partial charge in [-0.2, -0.15) is 13.2 Å². The topological polar surface area (TPSA) is 21.1 Å². The van der Waals surface area contributed by atoms with Gasteiger partial charge in [0.15, 0.2) is 5.69 Å². The van der Waals surface area contributed by atoms with Gasteiger partial charge in [0.25, 0.3) is 0 Å². The highest BCUT2D eigenvalue weighted by Gasteiger charge is 2.38. The molecule has 0 spiro atoms. The van der Waals surface area contributed by atoms with Crippen LogP contribution in [0, 0.1) is 0 Å². The Bertz CT molecular complexity index is 356. The van der Waals surface area contributed by atoms with Crippen molar-refractivity contribution in [1.82, 2.24) is 14.5 Å². The van der Waals surface area contributed by atoms with E-state index < -0.39 is 11.9 Å². The van der Waals surface area contributed by atoms with E-state index in [1.807, 2.05) is 11.8 Å². The number of nitrogens with zero attached hydrogens (tertiary/aromatic N) is 3. The number of alkyl halides is 3. The van der Waals surface area contributed by atoms with E-state index >= 15 is 0 Å². The van der Waals surface area contributed by atoms with Gasteiger partial charge in [0.1, 0.15) is 0 Å². The Labute approximate surface area is 85.5 Å². The lowest BCUT2D eigenvalue weighted by Gasteiger charge is -2.27. The maximum absolute atomic E-state index is 12.5. The monoisotopic (exact) mass is 219 g/mol. The van der Waals surface area contributed by atoms with Crippen LogP contribution in [0.1, 0.15) is 18.3 Å². The molecule has 0 aromatic carbocycles. The highest BCUT2D eigenvalue weighted by atomic mass is 19.4. The van der Waals surface area contributed by atoms with Crippen molar-refractivity contribution in [3.8, 4) is 0 Å². The molecular formula is C9H12F3N3. The first-order chi connectivity index (χ1) is 7.02. The van der Waals surface area contributed by atoms with Crippen molar-refractivity contribution in [3.05, 3.63) is 17.7 Å². The zero-order valence-electron chi connectivity index (χ0n) is 8.38. The van der Waals surface area contributed by atoms with Crippen LogP contribution in [0.4, 0.5) is 13.2 Å². The third kappa shape index (κ3) is 1.86. The molecule has 1 aliphatic heterocycles. The average Bonchev–Trinajstić information content (AvgIpc) is 2.59. The lowest BCUT2D eigenvalue weighted by molar-refractivity contribution is -0.142. The van der Waals surface area contributed by atoms with Gasteiger partial charge in [-0.1, -0.05) is 6.92 Å². The SMILES string of the molecule is CCN1CCn2cnc(C(F)(F)F)c2C1. The maximum Gasteiger partial charge on any atom is 0.435 e.